The van der Waals surface area contributed by atoms with E-state index in [0.717, 1.165) is 5.56 Å². The largest absolute Gasteiger partial charge is 0.507 e. The first-order valence-corrected chi connectivity index (χ1v) is 11.0. The molecule has 2 heterocycles. The van der Waals surface area contributed by atoms with Crippen LogP contribution >= 0.6 is 0 Å². The fourth-order valence-corrected chi connectivity index (χ4v) is 3.98. The van der Waals surface area contributed by atoms with Gasteiger partial charge in [-0.2, -0.15) is 0 Å². The maximum absolute atomic E-state index is 13.0. The van der Waals surface area contributed by atoms with Crippen LogP contribution in [0.5, 0.6) is 5.75 Å². The molecule has 1 fully saturated rings. The first-order chi connectivity index (χ1) is 16.6. The molecule has 1 saturated heterocycles. The summed E-state index contributed by atoms with van der Waals surface area (Å²) in [6, 6.07) is 19.4. The number of rotatable bonds is 9. The van der Waals surface area contributed by atoms with Crippen LogP contribution in [-0.2, 0) is 20.9 Å². The van der Waals surface area contributed by atoms with Gasteiger partial charge in [-0.15, -0.1) is 0 Å². The average molecular weight is 459 g/mol. The van der Waals surface area contributed by atoms with E-state index in [-0.39, 0.29) is 11.3 Å². The molecule has 0 saturated carbocycles. The van der Waals surface area contributed by atoms with Gasteiger partial charge < -0.3 is 19.5 Å². The molecule has 1 atom stereocenters. The van der Waals surface area contributed by atoms with Gasteiger partial charge in [-0.25, -0.2) is 0 Å². The number of ketones is 1. The quantitative estimate of drug-likeness (QED) is 0.225. The van der Waals surface area contributed by atoms with Crippen LogP contribution < -0.4 is 4.74 Å². The number of carbonyl (C=O) groups excluding carboxylic acids is 2. The van der Waals surface area contributed by atoms with E-state index in [1.54, 1.807) is 55.9 Å². The maximum atomic E-state index is 13.0. The molecule has 0 bridgehead atoms. The molecule has 2 aromatic carbocycles. The molecule has 0 radical (unpaired) electrons. The number of amides is 1. The number of likely N-dealkylation sites (tertiary alicyclic amines) is 1. The summed E-state index contributed by atoms with van der Waals surface area (Å²) in [5, 5.41) is 11.1. The highest BCUT2D eigenvalue weighted by atomic mass is 16.5. The predicted octanol–water partition coefficient (Wildman–Crippen LogP) is 4.12. The van der Waals surface area contributed by atoms with Gasteiger partial charge in [0.1, 0.15) is 18.1 Å². The Balaban J connectivity index is 1.62. The first kappa shape index (κ1) is 23.2. The Labute approximate surface area is 198 Å². The molecule has 1 unspecified atom stereocenters. The van der Waals surface area contributed by atoms with Gasteiger partial charge in [0.2, 0.25) is 0 Å². The molecular formula is C27H26N2O5. The molecule has 1 aromatic heterocycles. The second-order valence-corrected chi connectivity index (χ2v) is 7.92. The Morgan fingerprint density at radius 3 is 2.47 bits per heavy atom. The van der Waals surface area contributed by atoms with E-state index in [1.807, 2.05) is 30.3 Å². The van der Waals surface area contributed by atoms with Gasteiger partial charge in [0.15, 0.2) is 0 Å². The lowest BCUT2D eigenvalue weighted by Gasteiger charge is -2.25. The highest BCUT2D eigenvalue weighted by Gasteiger charge is 2.45. The van der Waals surface area contributed by atoms with Crippen molar-refractivity contribution in [3.63, 3.8) is 0 Å². The smallest absolute Gasteiger partial charge is 0.295 e. The Morgan fingerprint density at radius 2 is 1.79 bits per heavy atom. The number of carbonyl (C=O) groups is 2. The summed E-state index contributed by atoms with van der Waals surface area (Å²) < 4.78 is 10.9. The number of hydrogen-bond acceptors (Lipinski definition) is 6. The molecule has 1 aliphatic heterocycles. The summed E-state index contributed by atoms with van der Waals surface area (Å²) in [6.45, 7) is 1.19. The van der Waals surface area contributed by atoms with Gasteiger partial charge in [-0.3, -0.25) is 14.6 Å². The number of Topliss-reactive ketones (excluding diaryl/α,β-unsaturated/α-hetero) is 1. The molecule has 1 amide bonds. The van der Waals surface area contributed by atoms with Crippen molar-refractivity contribution in [2.24, 2.45) is 0 Å². The number of benzene rings is 2. The van der Waals surface area contributed by atoms with Crippen molar-refractivity contribution in [1.82, 2.24) is 9.88 Å². The van der Waals surface area contributed by atoms with E-state index in [2.05, 4.69) is 4.98 Å². The van der Waals surface area contributed by atoms with Gasteiger partial charge in [0, 0.05) is 38.2 Å². The zero-order chi connectivity index (χ0) is 23.9. The van der Waals surface area contributed by atoms with Crippen LogP contribution in [0.3, 0.4) is 0 Å². The van der Waals surface area contributed by atoms with Crippen molar-refractivity contribution in [3.05, 3.63) is 101 Å². The van der Waals surface area contributed by atoms with E-state index >= 15 is 0 Å². The Bertz CT molecular complexity index is 1160. The molecule has 0 aliphatic carbocycles. The van der Waals surface area contributed by atoms with Gasteiger partial charge in [0.05, 0.1) is 11.6 Å². The number of ether oxygens (including phenoxy) is 2. The summed E-state index contributed by atoms with van der Waals surface area (Å²) >= 11 is 0. The molecular weight excluding hydrogens is 432 g/mol. The second kappa shape index (κ2) is 10.8. The number of aromatic nitrogens is 1. The van der Waals surface area contributed by atoms with Crippen molar-refractivity contribution >= 4 is 17.4 Å². The van der Waals surface area contributed by atoms with Gasteiger partial charge in [-0.1, -0.05) is 36.4 Å². The summed E-state index contributed by atoms with van der Waals surface area (Å²) in [5.74, 6) is -0.956. The van der Waals surface area contributed by atoms with Crippen molar-refractivity contribution in [1.29, 1.82) is 0 Å². The van der Waals surface area contributed by atoms with E-state index in [4.69, 9.17) is 9.47 Å². The van der Waals surface area contributed by atoms with Crippen molar-refractivity contribution < 1.29 is 24.2 Å². The Hall–Kier alpha value is -3.97. The molecule has 3 aromatic rings. The van der Waals surface area contributed by atoms with Crippen LogP contribution in [0.25, 0.3) is 5.76 Å². The number of aliphatic hydroxyl groups is 1. The Morgan fingerprint density at radius 1 is 1.03 bits per heavy atom. The second-order valence-electron chi connectivity index (χ2n) is 7.92. The van der Waals surface area contributed by atoms with Gasteiger partial charge in [-0.05, 0) is 47.9 Å². The highest BCUT2D eigenvalue weighted by molar-refractivity contribution is 6.46. The fraction of sp³-hybridized carbons (Fsp3) is 0.222. The zero-order valence-corrected chi connectivity index (χ0v) is 18.9. The summed E-state index contributed by atoms with van der Waals surface area (Å²) in [6.07, 6.45) is 3.79. The van der Waals surface area contributed by atoms with Crippen molar-refractivity contribution in [3.8, 4) is 5.75 Å². The van der Waals surface area contributed by atoms with E-state index in [1.165, 1.54) is 4.90 Å². The topological polar surface area (TPSA) is 89.0 Å². The molecule has 34 heavy (non-hydrogen) atoms. The molecule has 7 nitrogen and oxygen atoms in total. The van der Waals surface area contributed by atoms with Crippen LogP contribution in [0.4, 0.5) is 0 Å². The van der Waals surface area contributed by atoms with Crippen molar-refractivity contribution in [2.75, 3.05) is 20.3 Å². The lowest BCUT2D eigenvalue weighted by molar-refractivity contribution is -0.140. The highest BCUT2D eigenvalue weighted by Crippen LogP contribution is 2.39. The standard InChI is InChI=1S/C27H26N2O5/c1-33-16-6-15-29-24(21-9-5-14-28-17-21)23(26(31)27(29)32)25(30)20-10-12-22(13-11-20)34-18-19-7-3-2-4-8-19/h2-5,7-14,17,24,30H,6,15-16,18H2,1H3/b25-23+. The molecule has 4 rings (SSSR count). The fourth-order valence-electron chi connectivity index (χ4n) is 3.98. The SMILES string of the molecule is COCCCN1C(=O)C(=O)/C(=C(/O)c2ccc(OCc3ccccc3)cc2)C1c1cccnc1. The zero-order valence-electron chi connectivity index (χ0n) is 18.9. The number of hydrogen-bond donors (Lipinski definition) is 1. The van der Waals surface area contributed by atoms with Crippen LogP contribution in [0.15, 0.2) is 84.7 Å². The normalized spacial score (nSPS) is 17.2. The van der Waals surface area contributed by atoms with Gasteiger partial charge in [0.25, 0.3) is 11.7 Å². The van der Waals surface area contributed by atoms with Crippen molar-refractivity contribution in [2.45, 2.75) is 19.1 Å². The molecule has 7 heteroatoms. The summed E-state index contributed by atoms with van der Waals surface area (Å²) in [7, 11) is 1.58. The van der Waals surface area contributed by atoms with E-state index < -0.39 is 17.7 Å². The van der Waals surface area contributed by atoms with Crippen LogP contribution in [0.2, 0.25) is 0 Å². The van der Waals surface area contributed by atoms with Gasteiger partial charge >= 0.3 is 0 Å². The summed E-state index contributed by atoms with van der Waals surface area (Å²) in [5.41, 5.74) is 2.17. The predicted molar refractivity (Wildman–Crippen MR) is 127 cm³/mol. The molecule has 0 spiro atoms. The third kappa shape index (κ3) is 5.00. The Kier molecular flexibility index (Phi) is 7.34. The summed E-state index contributed by atoms with van der Waals surface area (Å²) in [4.78, 5) is 31.5. The molecule has 174 valence electrons. The minimum atomic E-state index is -0.723. The number of nitrogens with zero attached hydrogens (tertiary/aromatic N) is 2. The lowest BCUT2D eigenvalue weighted by atomic mass is 9.96. The lowest BCUT2D eigenvalue weighted by Crippen LogP contribution is -2.31. The maximum Gasteiger partial charge on any atom is 0.295 e. The average Bonchev–Trinajstić information content (AvgIpc) is 3.14. The number of methoxy groups -OCH3 is 1. The molecule has 1 aliphatic rings. The van der Waals surface area contributed by atoms with E-state index in [0.29, 0.717) is 43.1 Å². The first-order valence-electron chi connectivity index (χ1n) is 11.0. The van der Waals surface area contributed by atoms with Crippen LogP contribution in [0.1, 0.15) is 29.2 Å². The van der Waals surface area contributed by atoms with E-state index in [9.17, 15) is 14.7 Å². The number of pyridine rings is 1. The molecule has 1 N–H and O–H groups in total. The minimum absolute atomic E-state index is 0.0494. The minimum Gasteiger partial charge on any atom is -0.507 e. The third-order valence-corrected chi connectivity index (χ3v) is 5.66. The monoisotopic (exact) mass is 458 g/mol. The van der Waals surface area contributed by atoms with Crippen LogP contribution in [0, 0.1) is 0 Å². The number of aliphatic hydroxyl groups excluding tert-OH is 1. The third-order valence-electron chi connectivity index (χ3n) is 5.66. The van der Waals surface area contributed by atoms with Crippen LogP contribution in [-0.4, -0.2) is 46.9 Å².